The van der Waals surface area contributed by atoms with Gasteiger partial charge >= 0.3 is 0 Å². The van der Waals surface area contributed by atoms with Crippen molar-refractivity contribution in [1.82, 2.24) is 19.9 Å². The number of amides is 1. The van der Waals surface area contributed by atoms with E-state index in [4.69, 9.17) is 5.73 Å². The zero-order chi connectivity index (χ0) is 15.5. The van der Waals surface area contributed by atoms with Crippen LogP contribution in [0.5, 0.6) is 5.75 Å². The minimum Gasteiger partial charge on any atom is -0.508 e. The number of H-pyrrole nitrogens is 1. The van der Waals surface area contributed by atoms with Gasteiger partial charge in [-0.15, -0.1) is 0 Å². The van der Waals surface area contributed by atoms with Crippen molar-refractivity contribution in [3.8, 4) is 5.75 Å². The van der Waals surface area contributed by atoms with Crippen LogP contribution in [-0.4, -0.2) is 36.7 Å². The van der Waals surface area contributed by atoms with E-state index in [1.807, 2.05) is 0 Å². The number of aromatic amines is 1. The summed E-state index contributed by atoms with van der Waals surface area (Å²) in [6.45, 7) is 0. The fourth-order valence-corrected chi connectivity index (χ4v) is 2.63. The molecule has 5 N–H and O–H groups in total. The number of phenols is 1. The van der Waals surface area contributed by atoms with Crippen molar-refractivity contribution in [2.24, 2.45) is 0 Å². The Bertz CT molecular complexity index is 834. The highest BCUT2D eigenvalue weighted by Crippen LogP contribution is 2.24. The summed E-state index contributed by atoms with van der Waals surface area (Å²) in [5, 5.41) is 12.6. The van der Waals surface area contributed by atoms with Crippen molar-refractivity contribution in [2.45, 2.75) is 5.03 Å². The number of nitrogen functional groups attached to an aromatic ring is 1. The lowest BCUT2D eigenvalue weighted by molar-refractivity contribution is -0.113. The SMILES string of the molecule is Nc1nc(SCC(=O)Nc2cccc(O)c2)c2[nH]cnc2n1. The first-order valence-corrected chi connectivity index (χ1v) is 7.28. The molecule has 0 aliphatic rings. The summed E-state index contributed by atoms with van der Waals surface area (Å²) in [5.74, 6) is 0.115. The molecule has 0 aliphatic carbocycles. The maximum atomic E-state index is 11.9. The maximum Gasteiger partial charge on any atom is 0.234 e. The fraction of sp³-hybridized carbons (Fsp3) is 0.0769. The van der Waals surface area contributed by atoms with Crippen LogP contribution in [0.25, 0.3) is 11.2 Å². The molecule has 112 valence electrons. The van der Waals surface area contributed by atoms with Crippen LogP contribution in [0.4, 0.5) is 11.6 Å². The summed E-state index contributed by atoms with van der Waals surface area (Å²) in [6, 6.07) is 6.34. The number of phenolic OH excluding ortho intramolecular Hbond substituents is 1. The average molecular weight is 316 g/mol. The van der Waals surface area contributed by atoms with Crippen molar-refractivity contribution in [2.75, 3.05) is 16.8 Å². The van der Waals surface area contributed by atoms with E-state index in [2.05, 4.69) is 25.3 Å². The number of hydrogen-bond donors (Lipinski definition) is 4. The summed E-state index contributed by atoms with van der Waals surface area (Å²) in [5.41, 5.74) is 7.24. The van der Waals surface area contributed by atoms with Crippen molar-refractivity contribution in [3.63, 3.8) is 0 Å². The number of aromatic nitrogens is 4. The fourth-order valence-electron chi connectivity index (χ4n) is 1.84. The molecule has 1 amide bonds. The number of imidazole rings is 1. The maximum absolute atomic E-state index is 11.9. The number of carbonyl (C=O) groups is 1. The highest BCUT2D eigenvalue weighted by Gasteiger charge is 2.11. The second-order valence-corrected chi connectivity index (χ2v) is 5.34. The Morgan fingerprint density at radius 3 is 3.09 bits per heavy atom. The van der Waals surface area contributed by atoms with Gasteiger partial charge in [0.05, 0.1) is 12.1 Å². The Hall–Kier alpha value is -2.81. The first-order valence-electron chi connectivity index (χ1n) is 6.30. The molecule has 0 bridgehead atoms. The molecule has 3 aromatic rings. The highest BCUT2D eigenvalue weighted by atomic mass is 32.2. The first-order chi connectivity index (χ1) is 10.6. The predicted molar refractivity (Wildman–Crippen MR) is 83.6 cm³/mol. The van der Waals surface area contributed by atoms with Gasteiger partial charge in [-0.25, -0.2) is 9.97 Å². The number of thioether (sulfide) groups is 1. The zero-order valence-corrected chi connectivity index (χ0v) is 12.1. The highest BCUT2D eigenvalue weighted by molar-refractivity contribution is 8.00. The number of carbonyl (C=O) groups excluding carboxylic acids is 1. The minimum absolute atomic E-state index is 0.0909. The first kappa shape index (κ1) is 14.1. The van der Waals surface area contributed by atoms with E-state index in [1.165, 1.54) is 30.2 Å². The summed E-state index contributed by atoms with van der Waals surface area (Å²) >= 11 is 1.22. The van der Waals surface area contributed by atoms with Gasteiger partial charge in [0.25, 0.3) is 0 Å². The second-order valence-electron chi connectivity index (χ2n) is 4.38. The van der Waals surface area contributed by atoms with Crippen molar-refractivity contribution in [1.29, 1.82) is 0 Å². The molecule has 0 spiro atoms. The molecule has 0 unspecified atom stereocenters. The van der Waals surface area contributed by atoms with Gasteiger partial charge in [0.1, 0.15) is 16.3 Å². The van der Waals surface area contributed by atoms with Gasteiger partial charge in [0.15, 0.2) is 5.65 Å². The third kappa shape index (κ3) is 3.09. The van der Waals surface area contributed by atoms with E-state index >= 15 is 0 Å². The molecule has 3 rings (SSSR count). The van der Waals surface area contributed by atoms with Crippen molar-refractivity contribution >= 4 is 40.5 Å². The van der Waals surface area contributed by atoms with Crippen LogP contribution in [0.15, 0.2) is 35.6 Å². The standard InChI is InChI=1S/C13H12N6O2S/c14-13-18-11-10(15-6-16-11)12(19-13)22-5-9(21)17-7-2-1-3-8(20)4-7/h1-4,6,20H,5H2,(H,17,21)(H3,14,15,16,18,19). The van der Waals surface area contributed by atoms with Crippen LogP contribution in [-0.2, 0) is 4.79 Å². The van der Waals surface area contributed by atoms with E-state index in [9.17, 15) is 9.90 Å². The molecular weight excluding hydrogens is 304 g/mol. The summed E-state index contributed by atoms with van der Waals surface area (Å²) in [6.07, 6.45) is 1.50. The Kier molecular flexibility index (Phi) is 3.79. The zero-order valence-electron chi connectivity index (χ0n) is 11.3. The van der Waals surface area contributed by atoms with E-state index < -0.39 is 0 Å². The van der Waals surface area contributed by atoms with Gasteiger partial charge in [-0.3, -0.25) is 4.79 Å². The summed E-state index contributed by atoms with van der Waals surface area (Å²) in [7, 11) is 0. The number of nitrogens with zero attached hydrogens (tertiary/aromatic N) is 3. The Morgan fingerprint density at radius 1 is 1.41 bits per heavy atom. The lowest BCUT2D eigenvalue weighted by Crippen LogP contribution is -2.14. The van der Waals surface area contributed by atoms with Crippen LogP contribution >= 0.6 is 11.8 Å². The number of hydrogen-bond acceptors (Lipinski definition) is 7. The molecule has 0 atom stereocenters. The van der Waals surface area contributed by atoms with Gasteiger partial charge in [0.2, 0.25) is 11.9 Å². The number of rotatable bonds is 4. The summed E-state index contributed by atoms with van der Waals surface area (Å²) in [4.78, 5) is 27.0. The number of anilines is 2. The Balaban J connectivity index is 1.68. The van der Waals surface area contributed by atoms with Gasteiger partial charge in [-0.2, -0.15) is 4.98 Å². The van der Waals surface area contributed by atoms with Crippen LogP contribution < -0.4 is 11.1 Å². The lowest BCUT2D eigenvalue weighted by Gasteiger charge is -2.06. The largest absolute Gasteiger partial charge is 0.508 e. The van der Waals surface area contributed by atoms with Gasteiger partial charge < -0.3 is 21.1 Å². The summed E-state index contributed by atoms with van der Waals surface area (Å²) < 4.78 is 0. The molecule has 0 saturated carbocycles. The van der Waals surface area contributed by atoms with Crippen LogP contribution in [0, 0.1) is 0 Å². The molecule has 2 aromatic heterocycles. The molecule has 1 aromatic carbocycles. The molecule has 0 radical (unpaired) electrons. The molecule has 8 nitrogen and oxygen atoms in total. The second kappa shape index (κ2) is 5.90. The van der Waals surface area contributed by atoms with Crippen LogP contribution in [0.1, 0.15) is 0 Å². The molecule has 0 fully saturated rings. The normalized spacial score (nSPS) is 10.7. The molecule has 2 heterocycles. The minimum atomic E-state index is -0.222. The predicted octanol–water partition coefficient (Wildman–Crippen LogP) is 1.37. The number of aromatic hydroxyl groups is 1. The smallest absolute Gasteiger partial charge is 0.234 e. The van der Waals surface area contributed by atoms with Gasteiger partial charge in [-0.05, 0) is 12.1 Å². The lowest BCUT2D eigenvalue weighted by atomic mass is 10.3. The van der Waals surface area contributed by atoms with Crippen LogP contribution in [0.2, 0.25) is 0 Å². The molecular formula is C13H12N6O2S. The van der Waals surface area contributed by atoms with E-state index in [1.54, 1.807) is 12.1 Å². The topological polar surface area (TPSA) is 130 Å². The molecule has 22 heavy (non-hydrogen) atoms. The van der Waals surface area contributed by atoms with Crippen molar-refractivity contribution < 1.29 is 9.90 Å². The quantitative estimate of drug-likeness (QED) is 0.422. The van der Waals surface area contributed by atoms with Crippen LogP contribution in [0.3, 0.4) is 0 Å². The Labute approximate surface area is 129 Å². The third-order valence-electron chi connectivity index (χ3n) is 2.74. The molecule has 0 aliphatic heterocycles. The third-order valence-corrected chi connectivity index (χ3v) is 3.72. The van der Waals surface area contributed by atoms with E-state index in [0.29, 0.717) is 21.9 Å². The Morgan fingerprint density at radius 2 is 2.27 bits per heavy atom. The van der Waals surface area contributed by atoms with E-state index in [-0.39, 0.29) is 23.4 Å². The number of nitrogens with two attached hydrogens (primary N) is 1. The molecule has 0 saturated heterocycles. The number of benzene rings is 1. The number of nitrogens with one attached hydrogen (secondary N) is 2. The monoisotopic (exact) mass is 316 g/mol. The van der Waals surface area contributed by atoms with Gasteiger partial charge in [-0.1, -0.05) is 17.8 Å². The van der Waals surface area contributed by atoms with Gasteiger partial charge in [0, 0.05) is 11.8 Å². The van der Waals surface area contributed by atoms with Crippen molar-refractivity contribution in [3.05, 3.63) is 30.6 Å². The van der Waals surface area contributed by atoms with E-state index in [0.717, 1.165) is 0 Å². The average Bonchev–Trinajstić information content (AvgIpc) is 2.93. The number of fused-ring (bicyclic) bond motifs is 1. The molecule has 9 heteroatoms.